The molecule has 5 N–H and O–H groups in total. The van der Waals surface area contributed by atoms with E-state index >= 15 is 0 Å². The molecule has 0 radical (unpaired) electrons. The molecule has 11 nitrogen and oxygen atoms in total. The summed E-state index contributed by atoms with van der Waals surface area (Å²) in [5.41, 5.74) is 5.68. The highest BCUT2D eigenvalue weighted by molar-refractivity contribution is 7.90. The van der Waals surface area contributed by atoms with Crippen LogP contribution in [-0.4, -0.2) is 97.1 Å². The number of alkyl halides is 2. The number of halogens is 2. The molecule has 2 aliphatic carbocycles. The highest BCUT2D eigenvalue weighted by Gasteiger charge is 2.41. The van der Waals surface area contributed by atoms with Gasteiger partial charge in [0.25, 0.3) is 0 Å². The van der Waals surface area contributed by atoms with Crippen molar-refractivity contribution < 1.29 is 36.7 Å². The van der Waals surface area contributed by atoms with Gasteiger partial charge in [0.15, 0.2) is 0 Å². The Morgan fingerprint density at radius 2 is 1.43 bits per heavy atom. The number of hydrogen-bond donors (Lipinski definition) is 4. The third-order valence-corrected chi connectivity index (χ3v) is 11.0. The Labute approximate surface area is 274 Å². The van der Waals surface area contributed by atoms with Crippen molar-refractivity contribution in [1.29, 1.82) is 0 Å². The van der Waals surface area contributed by atoms with E-state index < -0.39 is 75.2 Å². The third kappa shape index (κ3) is 12.6. The van der Waals surface area contributed by atoms with Gasteiger partial charge in [-0.1, -0.05) is 27.2 Å². The lowest BCUT2D eigenvalue weighted by molar-refractivity contribution is -0.141. The number of carbonyl (C=O) groups excluding carboxylic acids is 3. The van der Waals surface area contributed by atoms with Gasteiger partial charge in [-0.15, -0.1) is 4.83 Å². The summed E-state index contributed by atoms with van der Waals surface area (Å²) < 4.78 is 54.1. The van der Waals surface area contributed by atoms with Crippen molar-refractivity contribution >= 4 is 27.7 Å². The minimum atomic E-state index is -3.73. The van der Waals surface area contributed by atoms with Gasteiger partial charge in [0, 0.05) is 50.4 Å². The van der Waals surface area contributed by atoms with E-state index in [1.54, 1.807) is 4.90 Å². The van der Waals surface area contributed by atoms with Gasteiger partial charge in [-0.25, -0.2) is 22.2 Å². The minimum absolute atomic E-state index is 0.0847. The monoisotopic (exact) mass is 679 g/mol. The minimum Gasteiger partial charge on any atom is -0.390 e. The summed E-state index contributed by atoms with van der Waals surface area (Å²) >= 11 is 0. The molecule has 268 valence electrons. The maximum atomic E-state index is 14.4. The number of carbonyl (C=O) groups is 3. The second-order valence-electron chi connectivity index (χ2n) is 13.7. The Bertz CT molecular complexity index is 1070. The summed E-state index contributed by atoms with van der Waals surface area (Å²) in [5, 5.41) is 15.1. The second kappa shape index (κ2) is 19.2. The molecule has 46 heavy (non-hydrogen) atoms. The molecule has 2 aliphatic rings. The van der Waals surface area contributed by atoms with Crippen LogP contribution in [0.2, 0.25) is 0 Å². The Hall–Kier alpha value is -1.90. The fourth-order valence-electron chi connectivity index (χ4n) is 6.71. The van der Waals surface area contributed by atoms with E-state index in [-0.39, 0.29) is 57.4 Å². The SMILES string of the molecule is CCCCN(CC(O)C(CC1CC(F)CC(F)C1)NC(=O)C1CC(C(N)=O)CC(C(=O)N(CCC)CCC)C1)NS(=O)(=O)C(C)C. The molecule has 0 aromatic heterocycles. The average molecular weight is 680 g/mol. The maximum absolute atomic E-state index is 14.4. The zero-order chi connectivity index (χ0) is 34.6. The number of hydrazine groups is 1. The lowest BCUT2D eigenvalue weighted by Crippen LogP contribution is -2.55. The molecule has 0 saturated heterocycles. The van der Waals surface area contributed by atoms with Crippen LogP contribution in [0.25, 0.3) is 0 Å². The third-order valence-electron chi connectivity index (χ3n) is 9.26. The maximum Gasteiger partial charge on any atom is 0.226 e. The first-order valence-corrected chi connectivity index (χ1v) is 18.8. The molecule has 0 bridgehead atoms. The standard InChI is InChI=1S/C32H59F2N5O6S/c1-6-9-12-39(37-46(44,45)21(4)5)20-29(40)28(15-22-13-26(33)19-27(34)14-22)36-31(42)24-16-23(30(35)41)17-25(18-24)32(43)38(10-7-2)11-8-3/h21-29,37,40H,6-20H2,1-5H3,(H2,35,41)(H,36,42). The summed E-state index contributed by atoms with van der Waals surface area (Å²) in [5.74, 6) is -3.62. The van der Waals surface area contributed by atoms with Crippen molar-refractivity contribution in [2.75, 3.05) is 26.2 Å². The van der Waals surface area contributed by atoms with E-state index in [4.69, 9.17) is 5.73 Å². The molecule has 7 unspecified atom stereocenters. The van der Waals surface area contributed by atoms with Crippen LogP contribution in [0.4, 0.5) is 8.78 Å². The second-order valence-corrected chi connectivity index (χ2v) is 15.9. The molecule has 7 atom stereocenters. The topological polar surface area (TPSA) is 162 Å². The zero-order valence-electron chi connectivity index (χ0n) is 28.4. The largest absolute Gasteiger partial charge is 0.390 e. The summed E-state index contributed by atoms with van der Waals surface area (Å²) in [6.45, 7) is 10.2. The highest BCUT2D eigenvalue weighted by Crippen LogP contribution is 2.36. The number of rotatable bonds is 19. The molecule has 14 heteroatoms. The quantitative estimate of drug-likeness (QED) is 0.153. The summed E-state index contributed by atoms with van der Waals surface area (Å²) in [6.07, 6.45) is -0.318. The van der Waals surface area contributed by atoms with E-state index in [2.05, 4.69) is 10.1 Å². The summed E-state index contributed by atoms with van der Waals surface area (Å²) in [6, 6.07) is -0.956. The van der Waals surface area contributed by atoms with Crippen molar-refractivity contribution in [3.05, 3.63) is 0 Å². The van der Waals surface area contributed by atoms with Crippen molar-refractivity contribution in [2.24, 2.45) is 29.4 Å². The van der Waals surface area contributed by atoms with Crippen molar-refractivity contribution in [1.82, 2.24) is 20.1 Å². The molecule has 0 spiro atoms. The number of hydrogen-bond acceptors (Lipinski definition) is 7. The van der Waals surface area contributed by atoms with Gasteiger partial charge in [0.05, 0.1) is 17.4 Å². The molecule has 0 aromatic carbocycles. The zero-order valence-corrected chi connectivity index (χ0v) is 29.2. The lowest BCUT2D eigenvalue weighted by atomic mass is 9.73. The number of aliphatic hydroxyl groups excluding tert-OH is 1. The molecule has 2 saturated carbocycles. The number of nitrogens with two attached hydrogens (primary N) is 1. The van der Waals surface area contributed by atoms with Crippen molar-refractivity contribution in [3.8, 4) is 0 Å². The van der Waals surface area contributed by atoms with E-state index in [0.29, 0.717) is 26.1 Å². The van der Waals surface area contributed by atoms with Gasteiger partial charge in [0.1, 0.15) is 12.3 Å². The number of unbranched alkanes of at least 4 members (excludes halogenated alkanes) is 1. The van der Waals surface area contributed by atoms with Gasteiger partial charge in [-0.2, -0.15) is 0 Å². The van der Waals surface area contributed by atoms with Crippen LogP contribution in [0.3, 0.4) is 0 Å². The van der Waals surface area contributed by atoms with Crippen LogP contribution >= 0.6 is 0 Å². The first kappa shape index (κ1) is 40.3. The van der Waals surface area contributed by atoms with Gasteiger partial charge < -0.3 is 21.1 Å². The van der Waals surface area contributed by atoms with Gasteiger partial charge in [-0.3, -0.25) is 14.4 Å². The average Bonchev–Trinajstić information content (AvgIpc) is 2.97. The fourth-order valence-corrected chi connectivity index (χ4v) is 7.45. The summed E-state index contributed by atoms with van der Waals surface area (Å²) in [4.78, 5) is 44.0. The van der Waals surface area contributed by atoms with Crippen LogP contribution in [-0.2, 0) is 24.4 Å². The van der Waals surface area contributed by atoms with Crippen LogP contribution in [0.5, 0.6) is 0 Å². The van der Waals surface area contributed by atoms with Gasteiger partial charge >= 0.3 is 0 Å². The van der Waals surface area contributed by atoms with Crippen LogP contribution in [0.1, 0.15) is 105 Å². The molecule has 3 amide bonds. The first-order valence-electron chi connectivity index (χ1n) is 17.2. The number of amides is 3. The van der Waals surface area contributed by atoms with Crippen LogP contribution < -0.4 is 15.9 Å². The molecule has 2 rings (SSSR count). The summed E-state index contributed by atoms with van der Waals surface area (Å²) in [7, 11) is -3.73. The normalized spacial score (nSPS) is 26.9. The Morgan fingerprint density at radius 3 is 1.96 bits per heavy atom. The lowest BCUT2D eigenvalue weighted by Gasteiger charge is -2.37. The molecular formula is C32H59F2N5O6S. The number of nitrogens with zero attached hydrogens (tertiary/aromatic N) is 2. The van der Waals surface area contributed by atoms with Gasteiger partial charge in [0.2, 0.25) is 27.7 Å². The molecule has 2 fully saturated rings. The molecular weight excluding hydrogens is 620 g/mol. The number of sulfonamides is 1. The fraction of sp³-hybridized carbons (Fsp3) is 0.906. The Balaban J connectivity index is 2.32. The van der Waals surface area contributed by atoms with Gasteiger partial charge in [-0.05, 0) is 77.6 Å². The van der Waals surface area contributed by atoms with E-state index in [1.165, 1.54) is 18.9 Å². The van der Waals surface area contributed by atoms with Crippen LogP contribution in [0.15, 0.2) is 0 Å². The first-order chi connectivity index (χ1) is 21.6. The Morgan fingerprint density at radius 1 is 0.870 bits per heavy atom. The molecule has 0 aliphatic heterocycles. The highest BCUT2D eigenvalue weighted by atomic mass is 32.2. The smallest absolute Gasteiger partial charge is 0.226 e. The molecule has 0 heterocycles. The van der Waals surface area contributed by atoms with Crippen molar-refractivity contribution in [3.63, 3.8) is 0 Å². The number of primary amides is 1. The van der Waals surface area contributed by atoms with Crippen molar-refractivity contribution in [2.45, 2.75) is 135 Å². The van der Waals surface area contributed by atoms with E-state index in [9.17, 15) is 36.7 Å². The van der Waals surface area contributed by atoms with Crippen LogP contribution in [0, 0.1) is 23.7 Å². The number of aliphatic hydroxyl groups is 1. The van der Waals surface area contributed by atoms with E-state index in [0.717, 1.165) is 19.3 Å². The molecule has 0 aromatic rings. The number of nitrogens with one attached hydrogen (secondary N) is 2. The Kier molecular flexibility index (Phi) is 16.8. The predicted octanol–water partition coefficient (Wildman–Crippen LogP) is 3.21. The predicted molar refractivity (Wildman–Crippen MR) is 174 cm³/mol. The van der Waals surface area contributed by atoms with E-state index in [1.807, 2.05) is 20.8 Å².